The molecule has 0 spiro atoms. The molecule has 0 unspecified atom stereocenters. The Hall–Kier alpha value is -3.68. The van der Waals surface area contributed by atoms with Crippen LogP contribution in [0.1, 0.15) is 36.1 Å². The van der Waals surface area contributed by atoms with Crippen molar-refractivity contribution in [2.75, 3.05) is 16.8 Å². The molecule has 0 bridgehead atoms. The van der Waals surface area contributed by atoms with Crippen molar-refractivity contribution in [1.82, 2.24) is 4.98 Å². The fraction of sp³-hybridized carbons (Fsp3) is 0.208. The van der Waals surface area contributed by atoms with Gasteiger partial charge in [0.25, 0.3) is 6.43 Å². The van der Waals surface area contributed by atoms with Gasteiger partial charge in [0.2, 0.25) is 11.8 Å². The number of carbonyl (C=O) groups excluding carboxylic acids is 2. The summed E-state index contributed by atoms with van der Waals surface area (Å²) in [5, 5.41) is 2.63. The maximum atomic E-state index is 13.9. The van der Waals surface area contributed by atoms with Gasteiger partial charge < -0.3 is 10.2 Å². The number of hydrogen-bond donors (Lipinski definition) is 1. The first-order valence-electron chi connectivity index (χ1n) is 10.0. The standard InChI is InChI=1S/C24H20F3N3O2/c1-13-9-21-20(11-28-13)18-8-5-16(25)10-19(18)14(2)24(32)30(21)12-22(31)29-17-6-3-15(4-7-17)23(26)27/h3-11,14,23H,12H2,1-2H3,(H,29,31)/t14-/m1/s1. The van der Waals surface area contributed by atoms with Crippen LogP contribution in [0.25, 0.3) is 11.1 Å². The van der Waals surface area contributed by atoms with Gasteiger partial charge in [0, 0.05) is 28.7 Å². The topological polar surface area (TPSA) is 62.3 Å². The molecular weight excluding hydrogens is 419 g/mol. The predicted octanol–water partition coefficient (Wildman–Crippen LogP) is 5.22. The maximum Gasteiger partial charge on any atom is 0.263 e. The first kappa shape index (κ1) is 21.5. The van der Waals surface area contributed by atoms with Gasteiger partial charge >= 0.3 is 0 Å². The summed E-state index contributed by atoms with van der Waals surface area (Å²) in [6.45, 7) is 3.14. The normalized spacial score (nSPS) is 15.2. The number of amides is 2. The van der Waals surface area contributed by atoms with Crippen molar-refractivity contribution in [2.45, 2.75) is 26.2 Å². The van der Waals surface area contributed by atoms with Gasteiger partial charge in [-0.2, -0.15) is 0 Å². The highest BCUT2D eigenvalue weighted by atomic mass is 19.3. The molecule has 2 heterocycles. The molecule has 2 aromatic carbocycles. The number of carbonyl (C=O) groups is 2. The zero-order valence-corrected chi connectivity index (χ0v) is 17.4. The molecule has 0 radical (unpaired) electrons. The summed E-state index contributed by atoms with van der Waals surface area (Å²) in [4.78, 5) is 31.7. The van der Waals surface area contributed by atoms with Crippen molar-refractivity contribution in [3.63, 3.8) is 0 Å². The minimum Gasteiger partial charge on any atom is -0.325 e. The predicted molar refractivity (Wildman–Crippen MR) is 115 cm³/mol. The molecule has 0 aliphatic carbocycles. The van der Waals surface area contributed by atoms with E-state index < -0.39 is 24.1 Å². The summed E-state index contributed by atoms with van der Waals surface area (Å²) >= 11 is 0. The Morgan fingerprint density at radius 3 is 2.53 bits per heavy atom. The fourth-order valence-electron chi connectivity index (χ4n) is 3.82. The van der Waals surface area contributed by atoms with Crippen molar-refractivity contribution in [1.29, 1.82) is 0 Å². The molecule has 0 saturated heterocycles. The van der Waals surface area contributed by atoms with E-state index >= 15 is 0 Å². The minimum atomic E-state index is -2.60. The number of fused-ring (bicyclic) bond motifs is 3. The van der Waals surface area contributed by atoms with Gasteiger partial charge in [0.15, 0.2) is 0 Å². The van der Waals surface area contributed by atoms with Crippen molar-refractivity contribution in [3.05, 3.63) is 77.4 Å². The van der Waals surface area contributed by atoms with E-state index in [2.05, 4.69) is 10.3 Å². The maximum absolute atomic E-state index is 13.9. The van der Waals surface area contributed by atoms with Gasteiger partial charge in [-0.15, -0.1) is 0 Å². The van der Waals surface area contributed by atoms with Crippen LogP contribution in [-0.4, -0.2) is 23.3 Å². The van der Waals surface area contributed by atoms with Crippen LogP contribution in [0.15, 0.2) is 54.7 Å². The minimum absolute atomic E-state index is 0.151. The highest BCUT2D eigenvalue weighted by Crippen LogP contribution is 2.41. The summed E-state index contributed by atoms with van der Waals surface area (Å²) in [5.74, 6) is -1.99. The molecule has 1 aromatic heterocycles. The number of halogens is 3. The first-order valence-corrected chi connectivity index (χ1v) is 10.0. The Labute approximate surface area is 182 Å². The number of alkyl halides is 2. The van der Waals surface area contributed by atoms with Gasteiger partial charge in [0.1, 0.15) is 12.4 Å². The number of rotatable bonds is 4. The Bertz CT molecular complexity index is 1200. The number of anilines is 2. The van der Waals surface area contributed by atoms with Gasteiger partial charge in [-0.25, -0.2) is 13.2 Å². The van der Waals surface area contributed by atoms with E-state index in [4.69, 9.17) is 0 Å². The number of benzene rings is 2. The van der Waals surface area contributed by atoms with Crippen molar-refractivity contribution in [3.8, 4) is 11.1 Å². The van der Waals surface area contributed by atoms with Gasteiger partial charge in [-0.1, -0.05) is 18.2 Å². The Kier molecular flexibility index (Phi) is 5.69. The summed E-state index contributed by atoms with van der Waals surface area (Å²) < 4.78 is 39.4. The molecule has 3 aromatic rings. The molecule has 1 aliphatic rings. The third-order valence-electron chi connectivity index (χ3n) is 5.46. The lowest BCUT2D eigenvalue weighted by Gasteiger charge is -2.24. The summed E-state index contributed by atoms with van der Waals surface area (Å²) in [7, 11) is 0. The van der Waals surface area contributed by atoms with Crippen molar-refractivity contribution < 1.29 is 22.8 Å². The molecule has 4 rings (SSSR count). The van der Waals surface area contributed by atoms with Crippen LogP contribution in [0, 0.1) is 12.7 Å². The van der Waals surface area contributed by atoms with E-state index in [1.165, 1.54) is 41.3 Å². The smallest absolute Gasteiger partial charge is 0.263 e. The second-order valence-electron chi connectivity index (χ2n) is 7.69. The molecule has 5 nitrogen and oxygen atoms in total. The Morgan fingerprint density at radius 1 is 1.12 bits per heavy atom. The van der Waals surface area contributed by atoms with Crippen LogP contribution in [0.2, 0.25) is 0 Å². The van der Waals surface area contributed by atoms with Crippen molar-refractivity contribution >= 4 is 23.2 Å². The van der Waals surface area contributed by atoms with Crippen LogP contribution in [-0.2, 0) is 9.59 Å². The zero-order valence-electron chi connectivity index (χ0n) is 17.4. The largest absolute Gasteiger partial charge is 0.325 e. The molecular formula is C24H20F3N3O2. The Balaban J connectivity index is 1.67. The van der Waals surface area contributed by atoms with Crippen LogP contribution in [0.3, 0.4) is 0 Å². The van der Waals surface area contributed by atoms with Crippen LogP contribution >= 0.6 is 0 Å². The third kappa shape index (κ3) is 4.08. The monoisotopic (exact) mass is 439 g/mol. The lowest BCUT2D eigenvalue weighted by atomic mass is 9.93. The van der Waals surface area contributed by atoms with E-state index in [0.29, 0.717) is 33.8 Å². The Morgan fingerprint density at radius 2 is 1.84 bits per heavy atom. The lowest BCUT2D eigenvalue weighted by molar-refractivity contribution is -0.122. The highest BCUT2D eigenvalue weighted by Gasteiger charge is 2.33. The first-order chi connectivity index (χ1) is 15.2. The number of aryl methyl sites for hydroxylation is 1. The molecule has 1 atom stereocenters. The number of nitrogens with zero attached hydrogens (tertiary/aromatic N) is 2. The lowest BCUT2D eigenvalue weighted by Crippen LogP contribution is -2.40. The number of aromatic nitrogens is 1. The molecule has 32 heavy (non-hydrogen) atoms. The SMILES string of the molecule is Cc1cc2c(cn1)-c1ccc(F)cc1[C@@H](C)C(=O)N2CC(=O)Nc1ccc(C(F)F)cc1. The molecule has 0 saturated carbocycles. The van der Waals surface area contributed by atoms with E-state index in [1.54, 1.807) is 32.2 Å². The number of nitrogens with one attached hydrogen (secondary N) is 1. The number of hydrogen-bond acceptors (Lipinski definition) is 3. The van der Waals surface area contributed by atoms with Gasteiger partial charge in [0.05, 0.1) is 11.6 Å². The van der Waals surface area contributed by atoms with Crippen LogP contribution in [0.5, 0.6) is 0 Å². The summed E-state index contributed by atoms with van der Waals surface area (Å²) in [5.41, 5.74) is 3.17. The van der Waals surface area contributed by atoms with E-state index in [-0.39, 0.29) is 18.0 Å². The zero-order chi connectivity index (χ0) is 23.0. The van der Waals surface area contributed by atoms with E-state index in [9.17, 15) is 22.8 Å². The van der Waals surface area contributed by atoms with Crippen molar-refractivity contribution in [2.24, 2.45) is 0 Å². The van der Waals surface area contributed by atoms with E-state index in [1.807, 2.05) is 0 Å². The second kappa shape index (κ2) is 8.45. The fourth-order valence-corrected chi connectivity index (χ4v) is 3.82. The van der Waals surface area contributed by atoms with Crippen LogP contribution < -0.4 is 10.2 Å². The van der Waals surface area contributed by atoms with E-state index in [0.717, 1.165) is 0 Å². The number of pyridine rings is 1. The quantitative estimate of drug-likeness (QED) is 0.606. The molecule has 1 N–H and O–H groups in total. The molecule has 1 aliphatic heterocycles. The average molecular weight is 439 g/mol. The highest BCUT2D eigenvalue weighted by molar-refractivity contribution is 6.09. The molecule has 8 heteroatoms. The van der Waals surface area contributed by atoms with Gasteiger partial charge in [-0.3, -0.25) is 14.6 Å². The average Bonchev–Trinajstić information content (AvgIpc) is 2.83. The molecule has 164 valence electrons. The molecule has 2 amide bonds. The van der Waals surface area contributed by atoms with Crippen LogP contribution in [0.4, 0.5) is 24.5 Å². The second-order valence-corrected chi connectivity index (χ2v) is 7.69. The summed E-state index contributed by atoms with van der Waals surface area (Å²) in [6.07, 6.45) is -0.989. The molecule has 0 fully saturated rings. The summed E-state index contributed by atoms with van der Waals surface area (Å²) in [6, 6.07) is 11.2. The van der Waals surface area contributed by atoms with Gasteiger partial charge in [-0.05, 0) is 55.3 Å². The third-order valence-corrected chi connectivity index (χ3v) is 5.46.